The van der Waals surface area contributed by atoms with E-state index in [1.165, 1.54) is 18.3 Å². The van der Waals surface area contributed by atoms with Crippen LogP contribution in [0, 0.1) is 5.82 Å². The summed E-state index contributed by atoms with van der Waals surface area (Å²) in [5.74, 6) is 0.743. The van der Waals surface area contributed by atoms with Crippen molar-refractivity contribution >= 4 is 12.1 Å². The lowest BCUT2D eigenvalue weighted by atomic mass is 10.1. The monoisotopic (exact) mass is 300 g/mol. The van der Waals surface area contributed by atoms with Crippen LogP contribution >= 0.6 is 0 Å². The molecule has 22 heavy (non-hydrogen) atoms. The Hall–Kier alpha value is -2.89. The molecular formula is C16H13FN2O3. The Balaban J connectivity index is 1.55. The van der Waals surface area contributed by atoms with E-state index < -0.39 is 0 Å². The lowest BCUT2D eigenvalue weighted by Gasteiger charge is -2.01. The lowest BCUT2D eigenvalue weighted by Crippen LogP contribution is -2.19. The van der Waals surface area contributed by atoms with Crippen molar-refractivity contribution in [2.45, 2.75) is 6.42 Å². The molecule has 0 bridgehead atoms. The number of fused-ring (bicyclic) bond motifs is 1. The van der Waals surface area contributed by atoms with Crippen molar-refractivity contribution in [1.82, 2.24) is 5.43 Å². The summed E-state index contributed by atoms with van der Waals surface area (Å²) in [7, 11) is 0. The van der Waals surface area contributed by atoms with Gasteiger partial charge in [-0.15, -0.1) is 0 Å². The van der Waals surface area contributed by atoms with E-state index in [2.05, 4.69) is 10.5 Å². The molecule has 6 heteroatoms. The first-order valence-electron chi connectivity index (χ1n) is 6.67. The average Bonchev–Trinajstić information content (AvgIpc) is 2.97. The number of hydrogen-bond acceptors (Lipinski definition) is 4. The normalized spacial score (nSPS) is 12.6. The van der Waals surface area contributed by atoms with E-state index in [1.807, 2.05) is 6.07 Å². The molecule has 1 aliphatic rings. The van der Waals surface area contributed by atoms with Crippen LogP contribution in [0.2, 0.25) is 0 Å². The molecule has 1 heterocycles. The third-order valence-corrected chi connectivity index (χ3v) is 3.08. The zero-order valence-electron chi connectivity index (χ0n) is 11.6. The summed E-state index contributed by atoms with van der Waals surface area (Å²) in [6, 6.07) is 11.1. The summed E-state index contributed by atoms with van der Waals surface area (Å²) >= 11 is 0. The molecule has 0 unspecified atom stereocenters. The summed E-state index contributed by atoms with van der Waals surface area (Å²) in [5, 5.41) is 3.89. The second-order valence-corrected chi connectivity index (χ2v) is 4.71. The largest absolute Gasteiger partial charge is 0.454 e. The minimum atomic E-state index is -0.329. The molecule has 2 aromatic carbocycles. The highest BCUT2D eigenvalue weighted by atomic mass is 19.1. The van der Waals surface area contributed by atoms with Crippen LogP contribution in [0.25, 0.3) is 0 Å². The maximum absolute atomic E-state index is 12.8. The highest BCUT2D eigenvalue weighted by Crippen LogP contribution is 2.31. The Labute approximate surface area is 126 Å². The maximum Gasteiger partial charge on any atom is 0.244 e. The number of nitrogens with one attached hydrogen (secondary N) is 1. The Morgan fingerprint density at radius 2 is 1.95 bits per heavy atom. The van der Waals surface area contributed by atoms with Gasteiger partial charge in [0.1, 0.15) is 5.82 Å². The number of hydrogen-bond donors (Lipinski definition) is 1. The molecule has 0 spiro atoms. The summed E-state index contributed by atoms with van der Waals surface area (Å²) in [6.45, 7) is 0.213. The minimum Gasteiger partial charge on any atom is -0.454 e. The Bertz CT molecular complexity index is 714. The van der Waals surface area contributed by atoms with E-state index in [-0.39, 0.29) is 24.9 Å². The van der Waals surface area contributed by atoms with Crippen molar-refractivity contribution in [3.63, 3.8) is 0 Å². The molecule has 1 aliphatic heterocycles. The van der Waals surface area contributed by atoms with Gasteiger partial charge in [0.2, 0.25) is 12.7 Å². The van der Waals surface area contributed by atoms with Gasteiger partial charge in [0, 0.05) is 0 Å². The quantitative estimate of drug-likeness (QED) is 0.696. The fourth-order valence-electron chi connectivity index (χ4n) is 2.00. The van der Waals surface area contributed by atoms with Crippen LogP contribution in [0.3, 0.4) is 0 Å². The molecule has 0 radical (unpaired) electrons. The number of ether oxygens (including phenoxy) is 2. The molecule has 112 valence electrons. The van der Waals surface area contributed by atoms with Crippen LogP contribution in [-0.4, -0.2) is 18.9 Å². The van der Waals surface area contributed by atoms with Gasteiger partial charge in [-0.1, -0.05) is 12.1 Å². The zero-order valence-corrected chi connectivity index (χ0v) is 11.6. The summed E-state index contributed by atoms with van der Waals surface area (Å²) in [5.41, 5.74) is 3.93. The van der Waals surface area contributed by atoms with Gasteiger partial charge in [-0.05, 0) is 41.5 Å². The predicted octanol–water partition coefficient (Wildman–Crippen LogP) is 2.25. The van der Waals surface area contributed by atoms with Gasteiger partial charge in [0.05, 0.1) is 12.6 Å². The number of amides is 1. The number of hydrazone groups is 1. The highest BCUT2D eigenvalue weighted by Gasteiger charge is 2.12. The van der Waals surface area contributed by atoms with Gasteiger partial charge in [-0.2, -0.15) is 5.10 Å². The molecule has 0 atom stereocenters. The molecule has 5 nitrogen and oxygen atoms in total. The first-order chi connectivity index (χ1) is 10.7. The van der Waals surface area contributed by atoms with Crippen molar-refractivity contribution in [2.24, 2.45) is 5.10 Å². The highest BCUT2D eigenvalue weighted by molar-refractivity contribution is 5.84. The molecular weight excluding hydrogens is 287 g/mol. The first kappa shape index (κ1) is 14.1. The first-order valence-corrected chi connectivity index (χ1v) is 6.67. The predicted molar refractivity (Wildman–Crippen MR) is 78.4 cm³/mol. The van der Waals surface area contributed by atoms with E-state index >= 15 is 0 Å². The number of benzene rings is 2. The second-order valence-electron chi connectivity index (χ2n) is 4.71. The molecule has 3 rings (SSSR count). The molecule has 0 aromatic heterocycles. The topological polar surface area (TPSA) is 59.9 Å². The van der Waals surface area contributed by atoms with Crippen LogP contribution in [-0.2, 0) is 11.2 Å². The van der Waals surface area contributed by atoms with Crippen LogP contribution in [0.4, 0.5) is 4.39 Å². The smallest absolute Gasteiger partial charge is 0.244 e. The van der Waals surface area contributed by atoms with Gasteiger partial charge >= 0.3 is 0 Å². The van der Waals surface area contributed by atoms with Crippen LogP contribution in [0.5, 0.6) is 11.5 Å². The number of rotatable bonds is 4. The molecule has 0 saturated carbocycles. The molecule has 2 aromatic rings. The lowest BCUT2D eigenvalue weighted by molar-refractivity contribution is -0.120. The standard InChI is InChI=1S/C16H13FN2O3/c17-13-4-1-11(2-5-13)8-16(20)19-18-9-12-3-6-14-15(7-12)22-10-21-14/h1-7,9H,8,10H2,(H,19,20)/b18-9-. The summed E-state index contributed by atoms with van der Waals surface area (Å²) < 4.78 is 23.2. The van der Waals surface area contributed by atoms with E-state index in [0.717, 1.165) is 11.1 Å². The van der Waals surface area contributed by atoms with Gasteiger partial charge in [0.25, 0.3) is 0 Å². The molecule has 1 N–H and O–H groups in total. The fraction of sp³-hybridized carbons (Fsp3) is 0.125. The van der Waals surface area contributed by atoms with Crippen LogP contribution in [0.1, 0.15) is 11.1 Å². The Morgan fingerprint density at radius 1 is 1.18 bits per heavy atom. The van der Waals surface area contributed by atoms with E-state index in [4.69, 9.17) is 9.47 Å². The molecule has 0 fully saturated rings. The fourth-order valence-corrected chi connectivity index (χ4v) is 2.00. The number of nitrogens with zero attached hydrogens (tertiary/aromatic N) is 1. The minimum absolute atomic E-state index is 0.138. The molecule has 1 amide bonds. The average molecular weight is 300 g/mol. The van der Waals surface area contributed by atoms with E-state index in [1.54, 1.807) is 24.3 Å². The Morgan fingerprint density at radius 3 is 2.77 bits per heavy atom. The van der Waals surface area contributed by atoms with Gasteiger partial charge in [0.15, 0.2) is 11.5 Å². The number of carbonyl (C=O) groups is 1. The summed E-state index contributed by atoms with van der Waals surface area (Å²) in [4.78, 5) is 11.7. The Kier molecular flexibility index (Phi) is 4.00. The van der Waals surface area contributed by atoms with Gasteiger partial charge in [-0.25, -0.2) is 9.82 Å². The third-order valence-electron chi connectivity index (χ3n) is 3.08. The SMILES string of the molecule is O=C(Cc1ccc(F)cc1)N/N=C\c1ccc2c(c1)OCO2. The van der Waals surface area contributed by atoms with Crippen molar-refractivity contribution < 1.29 is 18.7 Å². The number of carbonyl (C=O) groups excluding carboxylic acids is 1. The zero-order chi connectivity index (χ0) is 15.4. The van der Waals surface area contributed by atoms with Crippen molar-refractivity contribution in [3.05, 3.63) is 59.4 Å². The van der Waals surface area contributed by atoms with Crippen LogP contribution in [0.15, 0.2) is 47.6 Å². The van der Waals surface area contributed by atoms with Gasteiger partial charge < -0.3 is 9.47 Å². The van der Waals surface area contributed by atoms with Crippen molar-refractivity contribution in [1.29, 1.82) is 0 Å². The van der Waals surface area contributed by atoms with Crippen molar-refractivity contribution in [3.8, 4) is 11.5 Å². The maximum atomic E-state index is 12.8. The third kappa shape index (κ3) is 3.41. The molecule has 0 aliphatic carbocycles. The van der Waals surface area contributed by atoms with Gasteiger partial charge in [-0.3, -0.25) is 4.79 Å². The second kappa shape index (κ2) is 6.26. The number of halogens is 1. The van der Waals surface area contributed by atoms with E-state index in [0.29, 0.717) is 11.5 Å². The molecule has 0 saturated heterocycles. The van der Waals surface area contributed by atoms with Crippen LogP contribution < -0.4 is 14.9 Å². The van der Waals surface area contributed by atoms with Crippen molar-refractivity contribution in [2.75, 3.05) is 6.79 Å². The van der Waals surface area contributed by atoms with E-state index in [9.17, 15) is 9.18 Å². The summed E-state index contributed by atoms with van der Waals surface area (Å²) in [6.07, 6.45) is 1.66.